The average molecular weight is 225 g/mol. The molecule has 0 fully saturated rings. The molecule has 1 aliphatic rings. The predicted octanol–water partition coefficient (Wildman–Crippen LogP) is 2.35. The summed E-state index contributed by atoms with van der Waals surface area (Å²) in [6, 6.07) is 2.22. The van der Waals surface area contributed by atoms with E-state index >= 15 is 0 Å². The highest BCUT2D eigenvalue weighted by Crippen LogP contribution is 2.33. The van der Waals surface area contributed by atoms with E-state index in [4.69, 9.17) is 4.74 Å². The van der Waals surface area contributed by atoms with Gasteiger partial charge in [-0.05, 0) is 30.7 Å². The quantitative estimate of drug-likeness (QED) is 0.834. The third-order valence-electron chi connectivity index (χ3n) is 2.65. The standard InChI is InChI=1S/C12H13F2NO/c1-16-12-10(14)3-2-9(13)11(12)8-4-6-15-7-5-8/h2-4,15H,5-7H2,1H3. The number of halogens is 2. The lowest BCUT2D eigenvalue weighted by atomic mass is 9.98. The second-order valence-corrected chi connectivity index (χ2v) is 3.62. The van der Waals surface area contributed by atoms with E-state index in [9.17, 15) is 8.78 Å². The maximum atomic E-state index is 13.7. The zero-order valence-corrected chi connectivity index (χ0v) is 9.02. The number of hydrogen-bond acceptors (Lipinski definition) is 2. The van der Waals surface area contributed by atoms with Crippen LogP contribution in [0.1, 0.15) is 12.0 Å². The fourth-order valence-electron chi connectivity index (χ4n) is 1.88. The van der Waals surface area contributed by atoms with E-state index in [0.29, 0.717) is 13.0 Å². The summed E-state index contributed by atoms with van der Waals surface area (Å²) < 4.78 is 32.1. The summed E-state index contributed by atoms with van der Waals surface area (Å²) in [6.45, 7) is 1.44. The molecule has 0 unspecified atom stereocenters. The van der Waals surface area contributed by atoms with Gasteiger partial charge in [-0.3, -0.25) is 0 Å². The molecule has 0 spiro atoms. The minimum absolute atomic E-state index is 0.00634. The Labute approximate surface area is 92.9 Å². The van der Waals surface area contributed by atoms with Gasteiger partial charge in [-0.2, -0.15) is 0 Å². The highest BCUT2D eigenvalue weighted by atomic mass is 19.1. The molecule has 1 N–H and O–H groups in total. The first-order chi connectivity index (χ1) is 7.74. The maximum absolute atomic E-state index is 13.7. The summed E-state index contributed by atoms with van der Waals surface area (Å²) in [5.41, 5.74) is 1.05. The van der Waals surface area contributed by atoms with Gasteiger partial charge in [0.2, 0.25) is 0 Å². The van der Waals surface area contributed by atoms with Crippen LogP contribution in [0.3, 0.4) is 0 Å². The van der Waals surface area contributed by atoms with Gasteiger partial charge in [0.25, 0.3) is 0 Å². The highest BCUT2D eigenvalue weighted by Gasteiger charge is 2.19. The molecule has 0 amide bonds. The second-order valence-electron chi connectivity index (χ2n) is 3.62. The van der Waals surface area contributed by atoms with Crippen LogP contribution in [0.2, 0.25) is 0 Å². The summed E-state index contributed by atoms with van der Waals surface area (Å²) in [5, 5.41) is 3.12. The average Bonchev–Trinajstić information content (AvgIpc) is 2.33. The molecule has 1 heterocycles. The fourth-order valence-corrected chi connectivity index (χ4v) is 1.88. The van der Waals surface area contributed by atoms with Crippen molar-refractivity contribution < 1.29 is 13.5 Å². The number of rotatable bonds is 2. The molecule has 4 heteroatoms. The lowest BCUT2D eigenvalue weighted by Crippen LogP contribution is -2.20. The Morgan fingerprint density at radius 3 is 2.62 bits per heavy atom. The molecule has 0 radical (unpaired) electrons. The Morgan fingerprint density at radius 1 is 1.25 bits per heavy atom. The molecule has 2 nitrogen and oxygen atoms in total. The Kier molecular flexibility index (Phi) is 3.19. The third kappa shape index (κ3) is 1.93. The zero-order valence-electron chi connectivity index (χ0n) is 9.02. The van der Waals surface area contributed by atoms with E-state index in [0.717, 1.165) is 24.3 Å². The predicted molar refractivity (Wildman–Crippen MR) is 58.4 cm³/mol. The van der Waals surface area contributed by atoms with Crippen LogP contribution in [0.4, 0.5) is 8.78 Å². The smallest absolute Gasteiger partial charge is 0.165 e. The summed E-state index contributed by atoms with van der Waals surface area (Å²) >= 11 is 0. The van der Waals surface area contributed by atoms with Crippen molar-refractivity contribution in [3.63, 3.8) is 0 Å². The molecule has 0 aromatic heterocycles. The van der Waals surface area contributed by atoms with Gasteiger partial charge in [-0.25, -0.2) is 8.78 Å². The topological polar surface area (TPSA) is 21.3 Å². The van der Waals surface area contributed by atoms with Crippen molar-refractivity contribution in [1.82, 2.24) is 5.32 Å². The second kappa shape index (κ2) is 4.61. The Bertz CT molecular complexity index is 429. The van der Waals surface area contributed by atoms with Crippen LogP contribution in [0, 0.1) is 11.6 Å². The molecule has 0 aliphatic carbocycles. The molecular weight excluding hydrogens is 212 g/mol. The van der Waals surface area contributed by atoms with Crippen molar-refractivity contribution in [3.8, 4) is 5.75 Å². The number of benzene rings is 1. The molecule has 0 saturated heterocycles. The van der Waals surface area contributed by atoms with E-state index in [1.165, 1.54) is 7.11 Å². The monoisotopic (exact) mass is 225 g/mol. The minimum Gasteiger partial charge on any atom is -0.493 e. The molecule has 0 bridgehead atoms. The van der Waals surface area contributed by atoms with Crippen LogP contribution < -0.4 is 10.1 Å². The Balaban J connectivity index is 2.53. The van der Waals surface area contributed by atoms with Crippen LogP contribution in [0.25, 0.3) is 5.57 Å². The van der Waals surface area contributed by atoms with Gasteiger partial charge < -0.3 is 10.1 Å². The summed E-state index contributed by atoms with van der Waals surface area (Å²) in [6.07, 6.45) is 2.54. The summed E-state index contributed by atoms with van der Waals surface area (Å²) in [5.74, 6) is -0.974. The van der Waals surface area contributed by atoms with Crippen molar-refractivity contribution in [3.05, 3.63) is 35.4 Å². The Morgan fingerprint density at radius 2 is 2.00 bits per heavy atom. The SMILES string of the molecule is COc1c(F)ccc(F)c1C1=CCNCC1. The molecule has 0 atom stereocenters. The van der Waals surface area contributed by atoms with E-state index in [2.05, 4.69) is 5.32 Å². The number of hydrogen-bond donors (Lipinski definition) is 1. The van der Waals surface area contributed by atoms with Crippen molar-refractivity contribution in [1.29, 1.82) is 0 Å². The highest BCUT2D eigenvalue weighted by molar-refractivity contribution is 5.72. The lowest BCUT2D eigenvalue weighted by Gasteiger charge is -2.17. The van der Waals surface area contributed by atoms with E-state index in [-0.39, 0.29) is 11.3 Å². The van der Waals surface area contributed by atoms with Crippen molar-refractivity contribution in [2.24, 2.45) is 0 Å². The van der Waals surface area contributed by atoms with Gasteiger partial charge in [-0.1, -0.05) is 6.08 Å². The summed E-state index contributed by atoms with van der Waals surface area (Å²) in [4.78, 5) is 0. The van der Waals surface area contributed by atoms with Crippen LogP contribution in [0.5, 0.6) is 5.75 Å². The molecule has 1 aromatic rings. The molecular formula is C12H13F2NO. The fraction of sp³-hybridized carbons (Fsp3) is 0.333. The first-order valence-corrected chi connectivity index (χ1v) is 5.16. The van der Waals surface area contributed by atoms with Gasteiger partial charge in [0.05, 0.1) is 12.7 Å². The zero-order chi connectivity index (χ0) is 11.5. The van der Waals surface area contributed by atoms with Crippen LogP contribution in [-0.2, 0) is 0 Å². The number of methoxy groups -OCH3 is 1. The van der Waals surface area contributed by atoms with E-state index in [1.807, 2.05) is 6.08 Å². The number of ether oxygens (including phenoxy) is 1. The van der Waals surface area contributed by atoms with Crippen molar-refractivity contribution in [2.45, 2.75) is 6.42 Å². The maximum Gasteiger partial charge on any atom is 0.165 e. The molecule has 1 aromatic carbocycles. The van der Waals surface area contributed by atoms with Crippen LogP contribution >= 0.6 is 0 Å². The first kappa shape index (κ1) is 11.1. The molecule has 0 saturated carbocycles. The van der Waals surface area contributed by atoms with Gasteiger partial charge in [0.1, 0.15) is 5.82 Å². The minimum atomic E-state index is -0.529. The van der Waals surface area contributed by atoms with Gasteiger partial charge in [-0.15, -0.1) is 0 Å². The largest absolute Gasteiger partial charge is 0.493 e. The van der Waals surface area contributed by atoms with Gasteiger partial charge in [0.15, 0.2) is 11.6 Å². The lowest BCUT2D eigenvalue weighted by molar-refractivity contribution is 0.380. The van der Waals surface area contributed by atoms with E-state index < -0.39 is 11.6 Å². The van der Waals surface area contributed by atoms with Crippen LogP contribution in [0.15, 0.2) is 18.2 Å². The summed E-state index contributed by atoms with van der Waals surface area (Å²) in [7, 11) is 1.35. The molecule has 16 heavy (non-hydrogen) atoms. The molecule has 86 valence electrons. The van der Waals surface area contributed by atoms with Crippen molar-refractivity contribution in [2.75, 3.05) is 20.2 Å². The Hall–Kier alpha value is -1.42. The van der Waals surface area contributed by atoms with E-state index in [1.54, 1.807) is 0 Å². The van der Waals surface area contributed by atoms with Crippen LogP contribution in [-0.4, -0.2) is 20.2 Å². The third-order valence-corrected chi connectivity index (χ3v) is 2.65. The number of nitrogens with one attached hydrogen (secondary N) is 1. The normalized spacial score (nSPS) is 15.8. The van der Waals surface area contributed by atoms with Crippen molar-refractivity contribution >= 4 is 5.57 Å². The molecule has 2 rings (SSSR count). The van der Waals surface area contributed by atoms with Gasteiger partial charge >= 0.3 is 0 Å². The van der Waals surface area contributed by atoms with Gasteiger partial charge in [0, 0.05) is 6.54 Å². The first-order valence-electron chi connectivity index (χ1n) is 5.16. The molecule has 1 aliphatic heterocycles.